The molecule has 92 valence electrons. The van der Waals surface area contributed by atoms with Crippen molar-refractivity contribution in [2.45, 2.75) is 19.9 Å². The second kappa shape index (κ2) is 6.12. The van der Waals surface area contributed by atoms with Gasteiger partial charge in [0.1, 0.15) is 0 Å². The van der Waals surface area contributed by atoms with Gasteiger partial charge in [0.05, 0.1) is 23.0 Å². The third kappa shape index (κ3) is 3.97. The first-order valence-corrected chi connectivity index (χ1v) is 5.78. The Balaban J connectivity index is 2.55. The topological polar surface area (TPSA) is 65.1 Å². The van der Waals surface area contributed by atoms with Crippen LogP contribution in [0.1, 0.15) is 19.4 Å². The predicted molar refractivity (Wildman–Crippen MR) is 71.8 cm³/mol. The quantitative estimate of drug-likeness (QED) is 0.761. The van der Waals surface area contributed by atoms with Crippen LogP contribution in [0.15, 0.2) is 18.2 Å². The van der Waals surface area contributed by atoms with Crippen molar-refractivity contribution in [2.75, 3.05) is 31.2 Å². The molecule has 0 saturated heterocycles. The van der Waals surface area contributed by atoms with Gasteiger partial charge in [-0.3, -0.25) is 0 Å². The van der Waals surface area contributed by atoms with Crippen molar-refractivity contribution in [1.29, 1.82) is 5.26 Å². The number of nitrogen functional groups attached to an aromatic ring is 1. The average molecular weight is 232 g/mol. The minimum absolute atomic E-state index is 0.527. The molecule has 0 bridgehead atoms. The summed E-state index contributed by atoms with van der Waals surface area (Å²) in [6.07, 6.45) is 0. The largest absolute Gasteiger partial charge is 0.397 e. The van der Waals surface area contributed by atoms with Crippen LogP contribution in [0, 0.1) is 11.3 Å². The van der Waals surface area contributed by atoms with Gasteiger partial charge in [0, 0.05) is 19.1 Å². The van der Waals surface area contributed by atoms with Crippen LogP contribution < -0.4 is 11.1 Å². The molecule has 0 radical (unpaired) electrons. The van der Waals surface area contributed by atoms with E-state index in [9.17, 15) is 0 Å². The maximum absolute atomic E-state index is 8.81. The molecule has 0 atom stereocenters. The summed E-state index contributed by atoms with van der Waals surface area (Å²) in [6.45, 7) is 6.07. The summed E-state index contributed by atoms with van der Waals surface area (Å²) in [7, 11) is 2.08. The van der Waals surface area contributed by atoms with E-state index < -0.39 is 0 Å². The van der Waals surface area contributed by atoms with E-state index in [0.29, 0.717) is 17.3 Å². The highest BCUT2D eigenvalue weighted by Crippen LogP contribution is 2.19. The molecule has 0 spiro atoms. The zero-order valence-electron chi connectivity index (χ0n) is 10.7. The van der Waals surface area contributed by atoms with E-state index in [4.69, 9.17) is 11.0 Å². The van der Waals surface area contributed by atoms with Gasteiger partial charge in [-0.15, -0.1) is 0 Å². The van der Waals surface area contributed by atoms with Crippen molar-refractivity contribution in [1.82, 2.24) is 4.90 Å². The molecule has 1 rings (SSSR count). The molecule has 0 amide bonds. The number of likely N-dealkylation sites (N-methyl/N-ethyl adjacent to an activating group) is 1. The summed E-state index contributed by atoms with van der Waals surface area (Å²) in [5, 5.41) is 12.1. The number of nitrogens with two attached hydrogens (primary N) is 1. The van der Waals surface area contributed by atoms with Crippen LogP contribution in [0.3, 0.4) is 0 Å². The van der Waals surface area contributed by atoms with Gasteiger partial charge in [0.25, 0.3) is 0 Å². The fourth-order valence-electron chi connectivity index (χ4n) is 1.40. The Morgan fingerprint density at radius 2 is 2.18 bits per heavy atom. The molecule has 0 saturated carbocycles. The fraction of sp³-hybridized carbons (Fsp3) is 0.462. The Morgan fingerprint density at radius 3 is 2.76 bits per heavy atom. The number of hydrogen-bond donors (Lipinski definition) is 2. The van der Waals surface area contributed by atoms with Gasteiger partial charge >= 0.3 is 0 Å². The highest BCUT2D eigenvalue weighted by Gasteiger charge is 2.04. The molecule has 0 aromatic heterocycles. The molecule has 17 heavy (non-hydrogen) atoms. The van der Waals surface area contributed by atoms with Crippen molar-refractivity contribution in [2.24, 2.45) is 0 Å². The number of nitriles is 1. The van der Waals surface area contributed by atoms with E-state index in [1.165, 1.54) is 0 Å². The van der Waals surface area contributed by atoms with Crippen LogP contribution in [0.4, 0.5) is 11.4 Å². The van der Waals surface area contributed by atoms with Crippen LogP contribution in [0.5, 0.6) is 0 Å². The van der Waals surface area contributed by atoms with E-state index in [2.05, 4.69) is 37.2 Å². The standard InChI is InChI=1S/C13H20N4/c1-10(2)17(3)7-6-16-13-8-11(9-14)4-5-12(13)15/h4-5,8,10,16H,6-7,15H2,1-3H3. The Bertz CT molecular complexity index is 406. The first-order chi connectivity index (χ1) is 8.04. The Labute approximate surface area is 103 Å². The molecule has 0 heterocycles. The summed E-state index contributed by atoms with van der Waals surface area (Å²) in [4.78, 5) is 2.25. The van der Waals surface area contributed by atoms with Crippen LogP contribution >= 0.6 is 0 Å². The second-order valence-electron chi connectivity index (χ2n) is 4.41. The third-order valence-corrected chi connectivity index (χ3v) is 2.84. The number of hydrogen-bond acceptors (Lipinski definition) is 4. The third-order valence-electron chi connectivity index (χ3n) is 2.84. The fourth-order valence-corrected chi connectivity index (χ4v) is 1.40. The molecule has 0 aliphatic rings. The zero-order valence-corrected chi connectivity index (χ0v) is 10.7. The number of rotatable bonds is 5. The molecular formula is C13H20N4. The molecule has 1 aromatic rings. The first-order valence-electron chi connectivity index (χ1n) is 5.78. The van der Waals surface area contributed by atoms with Crippen LogP contribution in [-0.4, -0.2) is 31.1 Å². The van der Waals surface area contributed by atoms with E-state index in [1.807, 2.05) is 0 Å². The monoisotopic (exact) mass is 232 g/mol. The Morgan fingerprint density at radius 1 is 1.47 bits per heavy atom. The SMILES string of the molecule is CC(C)N(C)CCNc1cc(C#N)ccc1N. The Kier molecular flexibility index (Phi) is 4.80. The minimum atomic E-state index is 0.527. The van der Waals surface area contributed by atoms with E-state index in [0.717, 1.165) is 18.8 Å². The molecule has 3 N–H and O–H groups in total. The molecule has 0 fully saturated rings. The van der Waals surface area contributed by atoms with Crippen molar-refractivity contribution < 1.29 is 0 Å². The average Bonchev–Trinajstić information content (AvgIpc) is 2.31. The first kappa shape index (κ1) is 13.3. The molecule has 4 nitrogen and oxygen atoms in total. The van der Waals surface area contributed by atoms with Gasteiger partial charge in [-0.1, -0.05) is 0 Å². The summed E-state index contributed by atoms with van der Waals surface area (Å²) in [6, 6.07) is 7.90. The van der Waals surface area contributed by atoms with Crippen LogP contribution in [0.25, 0.3) is 0 Å². The second-order valence-corrected chi connectivity index (χ2v) is 4.41. The van der Waals surface area contributed by atoms with Crippen molar-refractivity contribution in [3.05, 3.63) is 23.8 Å². The minimum Gasteiger partial charge on any atom is -0.397 e. The maximum Gasteiger partial charge on any atom is 0.0992 e. The summed E-state index contributed by atoms with van der Waals surface area (Å²) in [5.41, 5.74) is 7.97. The number of nitrogens with zero attached hydrogens (tertiary/aromatic N) is 2. The predicted octanol–water partition coefficient (Wildman–Crippen LogP) is 1.89. The summed E-state index contributed by atoms with van der Waals surface area (Å²) in [5.74, 6) is 0. The highest BCUT2D eigenvalue weighted by molar-refractivity contribution is 5.68. The van der Waals surface area contributed by atoms with E-state index >= 15 is 0 Å². The normalized spacial score (nSPS) is 10.6. The summed E-state index contributed by atoms with van der Waals surface area (Å²) >= 11 is 0. The zero-order chi connectivity index (χ0) is 12.8. The lowest BCUT2D eigenvalue weighted by Gasteiger charge is -2.21. The number of benzene rings is 1. The van der Waals surface area contributed by atoms with Crippen LogP contribution in [0.2, 0.25) is 0 Å². The maximum atomic E-state index is 8.81. The molecular weight excluding hydrogens is 212 g/mol. The lowest BCUT2D eigenvalue weighted by atomic mass is 10.2. The van der Waals surface area contributed by atoms with Crippen LogP contribution in [-0.2, 0) is 0 Å². The molecule has 0 aliphatic carbocycles. The highest BCUT2D eigenvalue weighted by atomic mass is 15.1. The lowest BCUT2D eigenvalue weighted by Crippen LogP contribution is -2.31. The van der Waals surface area contributed by atoms with Crippen molar-refractivity contribution in [3.63, 3.8) is 0 Å². The molecule has 4 heteroatoms. The van der Waals surface area contributed by atoms with Gasteiger partial charge in [0.2, 0.25) is 0 Å². The molecule has 0 unspecified atom stereocenters. The van der Waals surface area contributed by atoms with E-state index in [1.54, 1.807) is 18.2 Å². The lowest BCUT2D eigenvalue weighted by molar-refractivity contribution is 0.284. The van der Waals surface area contributed by atoms with E-state index in [-0.39, 0.29) is 0 Å². The van der Waals surface area contributed by atoms with Crippen molar-refractivity contribution in [3.8, 4) is 6.07 Å². The molecule has 1 aromatic carbocycles. The molecule has 0 aliphatic heterocycles. The van der Waals surface area contributed by atoms with Crippen molar-refractivity contribution >= 4 is 11.4 Å². The Hall–Kier alpha value is -1.73. The number of nitrogens with one attached hydrogen (secondary N) is 1. The van der Waals surface area contributed by atoms with Gasteiger partial charge in [-0.2, -0.15) is 5.26 Å². The van der Waals surface area contributed by atoms with Gasteiger partial charge < -0.3 is 16.0 Å². The smallest absolute Gasteiger partial charge is 0.0992 e. The van der Waals surface area contributed by atoms with Gasteiger partial charge in [-0.05, 0) is 39.1 Å². The number of anilines is 2. The van der Waals surface area contributed by atoms with Gasteiger partial charge in [0.15, 0.2) is 0 Å². The van der Waals surface area contributed by atoms with Gasteiger partial charge in [-0.25, -0.2) is 0 Å². The summed E-state index contributed by atoms with van der Waals surface area (Å²) < 4.78 is 0.